The van der Waals surface area contributed by atoms with Crippen LogP contribution in [0.25, 0.3) is 0 Å². The first-order chi connectivity index (χ1) is 9.29. The van der Waals surface area contributed by atoms with Gasteiger partial charge in [-0.15, -0.1) is 0 Å². The van der Waals surface area contributed by atoms with Gasteiger partial charge < -0.3 is 0 Å². The zero-order valence-electron chi connectivity index (χ0n) is 12.9. The van der Waals surface area contributed by atoms with Gasteiger partial charge in [0.1, 0.15) is 9.84 Å². The van der Waals surface area contributed by atoms with Crippen molar-refractivity contribution in [3.05, 3.63) is 17.0 Å². The Morgan fingerprint density at radius 2 is 2.05 bits per heavy atom. The Kier molecular flexibility index (Phi) is 4.54. The minimum absolute atomic E-state index is 0.279. The molecular formula is C14H25N3O2S. The zero-order valence-corrected chi connectivity index (χ0v) is 13.7. The summed E-state index contributed by atoms with van der Waals surface area (Å²) < 4.78 is 24.4. The maximum atomic E-state index is 11.2. The molecule has 20 heavy (non-hydrogen) atoms. The molecule has 2 heterocycles. The SMILES string of the molecule is Cc1nn(C)c(C)c1C1CCCN1CCCS(C)(=O)=O. The lowest BCUT2D eigenvalue weighted by molar-refractivity contribution is 0.256. The van der Waals surface area contributed by atoms with Gasteiger partial charge in [-0.2, -0.15) is 5.10 Å². The van der Waals surface area contributed by atoms with Gasteiger partial charge in [0, 0.05) is 30.6 Å². The van der Waals surface area contributed by atoms with Crippen LogP contribution in [-0.2, 0) is 16.9 Å². The fourth-order valence-electron chi connectivity index (χ4n) is 3.22. The third-order valence-corrected chi connectivity index (χ3v) is 5.25. The number of aromatic nitrogens is 2. The molecule has 1 atom stereocenters. The van der Waals surface area contributed by atoms with Crippen LogP contribution in [0.15, 0.2) is 0 Å². The highest BCUT2D eigenvalue weighted by atomic mass is 32.2. The van der Waals surface area contributed by atoms with E-state index in [1.165, 1.54) is 23.9 Å². The molecule has 2 rings (SSSR count). The minimum atomic E-state index is -2.85. The van der Waals surface area contributed by atoms with Gasteiger partial charge in [0.25, 0.3) is 0 Å². The maximum absolute atomic E-state index is 11.2. The van der Waals surface area contributed by atoms with Gasteiger partial charge in [0.05, 0.1) is 11.4 Å². The second kappa shape index (κ2) is 5.85. The molecule has 1 aromatic rings. The number of rotatable bonds is 5. The summed E-state index contributed by atoms with van der Waals surface area (Å²) in [5, 5.41) is 4.50. The summed E-state index contributed by atoms with van der Waals surface area (Å²) in [5.74, 6) is 0.279. The zero-order chi connectivity index (χ0) is 14.9. The molecule has 1 saturated heterocycles. The van der Waals surface area contributed by atoms with Crippen molar-refractivity contribution in [3.63, 3.8) is 0 Å². The molecule has 1 fully saturated rings. The molecule has 1 aliphatic heterocycles. The molecule has 0 bridgehead atoms. The van der Waals surface area contributed by atoms with E-state index in [0.717, 1.165) is 25.2 Å². The summed E-state index contributed by atoms with van der Waals surface area (Å²) in [6.45, 7) is 6.09. The van der Waals surface area contributed by atoms with Crippen LogP contribution >= 0.6 is 0 Å². The monoisotopic (exact) mass is 299 g/mol. The molecule has 1 aliphatic rings. The highest BCUT2D eigenvalue weighted by Crippen LogP contribution is 2.35. The van der Waals surface area contributed by atoms with Crippen molar-refractivity contribution in [2.75, 3.05) is 25.1 Å². The van der Waals surface area contributed by atoms with Crippen molar-refractivity contribution in [1.29, 1.82) is 0 Å². The van der Waals surface area contributed by atoms with Crippen molar-refractivity contribution in [2.45, 2.75) is 39.2 Å². The Morgan fingerprint density at radius 1 is 1.35 bits per heavy atom. The first kappa shape index (κ1) is 15.5. The number of sulfone groups is 1. The van der Waals surface area contributed by atoms with Crippen LogP contribution in [0.5, 0.6) is 0 Å². The second-order valence-corrected chi connectivity index (χ2v) is 8.15. The Balaban J connectivity index is 2.07. The molecule has 0 amide bonds. The second-order valence-electron chi connectivity index (χ2n) is 5.89. The van der Waals surface area contributed by atoms with E-state index >= 15 is 0 Å². The molecular weight excluding hydrogens is 274 g/mol. The summed E-state index contributed by atoms with van der Waals surface area (Å²) >= 11 is 0. The van der Waals surface area contributed by atoms with E-state index in [-0.39, 0.29) is 5.75 Å². The molecule has 0 N–H and O–H groups in total. The number of hydrogen-bond donors (Lipinski definition) is 0. The first-order valence-corrected chi connectivity index (χ1v) is 9.27. The molecule has 114 valence electrons. The molecule has 0 aliphatic carbocycles. The van der Waals surface area contributed by atoms with E-state index < -0.39 is 9.84 Å². The number of nitrogens with zero attached hydrogens (tertiary/aromatic N) is 3. The van der Waals surface area contributed by atoms with Gasteiger partial charge in [0.2, 0.25) is 0 Å². The van der Waals surface area contributed by atoms with Crippen LogP contribution in [-0.4, -0.2) is 48.2 Å². The first-order valence-electron chi connectivity index (χ1n) is 7.21. The van der Waals surface area contributed by atoms with E-state index in [2.05, 4.69) is 23.8 Å². The van der Waals surface area contributed by atoms with Crippen molar-refractivity contribution in [2.24, 2.45) is 7.05 Å². The molecule has 0 saturated carbocycles. The average molecular weight is 299 g/mol. The maximum Gasteiger partial charge on any atom is 0.147 e. The summed E-state index contributed by atoms with van der Waals surface area (Å²) in [5.41, 5.74) is 3.66. The van der Waals surface area contributed by atoms with Crippen LogP contribution < -0.4 is 0 Å². The fraction of sp³-hybridized carbons (Fsp3) is 0.786. The van der Waals surface area contributed by atoms with Gasteiger partial charge in [-0.1, -0.05) is 0 Å². The van der Waals surface area contributed by atoms with Crippen molar-refractivity contribution >= 4 is 9.84 Å². The summed E-state index contributed by atoms with van der Waals surface area (Å²) in [6.07, 6.45) is 4.35. The van der Waals surface area contributed by atoms with E-state index in [1.54, 1.807) is 0 Å². The van der Waals surface area contributed by atoms with Gasteiger partial charge in [-0.05, 0) is 46.2 Å². The third kappa shape index (κ3) is 3.41. The minimum Gasteiger partial charge on any atom is -0.296 e. The largest absolute Gasteiger partial charge is 0.296 e. The predicted octanol–water partition coefficient (Wildman–Crippen LogP) is 1.61. The van der Waals surface area contributed by atoms with Crippen molar-refractivity contribution < 1.29 is 8.42 Å². The normalized spacial score (nSPS) is 20.7. The highest BCUT2D eigenvalue weighted by Gasteiger charge is 2.29. The Hall–Kier alpha value is -0.880. The van der Waals surface area contributed by atoms with E-state index in [9.17, 15) is 8.42 Å². The molecule has 6 heteroatoms. The molecule has 1 aromatic heterocycles. The van der Waals surface area contributed by atoms with Gasteiger partial charge in [0.15, 0.2) is 0 Å². The number of aryl methyl sites for hydroxylation is 2. The van der Waals surface area contributed by atoms with Gasteiger partial charge in [-0.3, -0.25) is 9.58 Å². The van der Waals surface area contributed by atoms with E-state index in [4.69, 9.17) is 0 Å². The topological polar surface area (TPSA) is 55.2 Å². The Labute approximate surface area is 121 Å². The smallest absolute Gasteiger partial charge is 0.147 e. The molecule has 0 spiro atoms. The van der Waals surface area contributed by atoms with E-state index in [0.29, 0.717) is 12.5 Å². The highest BCUT2D eigenvalue weighted by molar-refractivity contribution is 7.90. The quantitative estimate of drug-likeness (QED) is 0.829. The summed E-state index contributed by atoms with van der Waals surface area (Å²) in [4.78, 5) is 2.42. The predicted molar refractivity (Wildman–Crippen MR) is 80.6 cm³/mol. The van der Waals surface area contributed by atoms with Crippen LogP contribution in [0.1, 0.15) is 42.3 Å². The third-order valence-electron chi connectivity index (χ3n) is 4.22. The molecule has 0 aromatic carbocycles. The molecule has 1 unspecified atom stereocenters. The lowest BCUT2D eigenvalue weighted by Crippen LogP contribution is -2.26. The summed E-state index contributed by atoms with van der Waals surface area (Å²) in [7, 11) is -0.872. The number of hydrogen-bond acceptors (Lipinski definition) is 4. The molecule has 5 nitrogen and oxygen atoms in total. The Bertz CT molecular complexity index is 577. The van der Waals surface area contributed by atoms with Crippen molar-refractivity contribution in [3.8, 4) is 0 Å². The summed E-state index contributed by atoms with van der Waals surface area (Å²) in [6, 6.07) is 0.406. The van der Waals surface area contributed by atoms with Gasteiger partial charge >= 0.3 is 0 Å². The van der Waals surface area contributed by atoms with E-state index in [1.807, 2.05) is 11.7 Å². The number of likely N-dealkylation sites (tertiary alicyclic amines) is 1. The van der Waals surface area contributed by atoms with Gasteiger partial charge in [-0.25, -0.2) is 8.42 Å². The van der Waals surface area contributed by atoms with Crippen LogP contribution in [0.4, 0.5) is 0 Å². The van der Waals surface area contributed by atoms with Crippen molar-refractivity contribution in [1.82, 2.24) is 14.7 Å². The van der Waals surface area contributed by atoms with Crippen LogP contribution in [0.3, 0.4) is 0 Å². The fourth-order valence-corrected chi connectivity index (χ4v) is 3.88. The lowest BCUT2D eigenvalue weighted by Gasteiger charge is -2.25. The molecule has 0 radical (unpaired) electrons. The van der Waals surface area contributed by atoms with Crippen LogP contribution in [0.2, 0.25) is 0 Å². The average Bonchev–Trinajstić information content (AvgIpc) is 2.84. The van der Waals surface area contributed by atoms with Crippen LogP contribution in [0, 0.1) is 13.8 Å². The standard InChI is InChI=1S/C14H25N3O2S/c1-11-14(12(2)16(3)15-11)13-7-5-8-17(13)9-6-10-20(4,18)19/h13H,5-10H2,1-4H3. The lowest BCUT2D eigenvalue weighted by atomic mass is 10.0. The Morgan fingerprint density at radius 3 is 2.60 bits per heavy atom.